The number of nitrogens with zero attached hydrogens (tertiary/aromatic N) is 3. The molecule has 0 bridgehead atoms. The first-order chi connectivity index (χ1) is 10.2. The molecule has 3 nitrogen and oxygen atoms in total. The molecule has 1 aromatic carbocycles. The molecule has 0 unspecified atom stereocenters. The second-order valence-electron chi connectivity index (χ2n) is 4.20. The smallest absolute Gasteiger partial charge is 0.181 e. The Morgan fingerprint density at radius 1 is 0.857 bits per heavy atom. The Balaban J connectivity index is 2.22. The first-order valence-corrected chi connectivity index (χ1v) is 7.89. The molecule has 2 aromatic heterocycles. The maximum atomic E-state index is 6.24. The van der Waals surface area contributed by atoms with Crippen molar-refractivity contribution < 1.29 is 0 Å². The van der Waals surface area contributed by atoms with Crippen molar-refractivity contribution in [3.63, 3.8) is 0 Å². The summed E-state index contributed by atoms with van der Waals surface area (Å²) in [5, 5.41) is 0.884. The largest absolute Gasteiger partial charge is 0.251 e. The fourth-order valence-electron chi connectivity index (χ4n) is 1.86. The predicted octanol–water partition coefficient (Wildman–Crippen LogP) is 5.12. The van der Waals surface area contributed by atoms with E-state index in [1.807, 2.05) is 30.3 Å². The van der Waals surface area contributed by atoms with E-state index in [0.29, 0.717) is 21.7 Å². The van der Waals surface area contributed by atoms with Gasteiger partial charge in [-0.25, -0.2) is 9.97 Å². The molecular weight excluding hydrogens is 420 g/mol. The van der Waals surface area contributed by atoms with Crippen LogP contribution in [0.1, 0.15) is 0 Å². The van der Waals surface area contributed by atoms with Crippen molar-refractivity contribution in [3.8, 4) is 22.8 Å². The second-order valence-corrected chi connectivity index (χ2v) is 6.04. The Morgan fingerprint density at radius 3 is 2.33 bits per heavy atom. The van der Waals surface area contributed by atoms with E-state index in [1.165, 1.54) is 0 Å². The SMILES string of the molecule is Clc1cccnc1-c1nc(Cl)c(I)c(-c2ccccc2)n1. The minimum Gasteiger partial charge on any atom is -0.251 e. The number of aromatic nitrogens is 3. The molecule has 0 aliphatic carbocycles. The van der Waals surface area contributed by atoms with Crippen LogP contribution >= 0.6 is 45.8 Å². The zero-order valence-corrected chi connectivity index (χ0v) is 14.3. The van der Waals surface area contributed by atoms with E-state index in [-0.39, 0.29) is 0 Å². The molecule has 0 amide bonds. The number of pyridine rings is 1. The molecule has 2 heterocycles. The van der Waals surface area contributed by atoms with Crippen molar-refractivity contribution >= 4 is 45.8 Å². The Bertz CT molecular complexity index is 794. The standard InChI is InChI=1S/C15H8Cl2IN3/c16-10-7-4-8-19-13(10)15-20-12(11(18)14(17)21-15)9-5-2-1-3-6-9/h1-8H. The quantitative estimate of drug-likeness (QED) is 0.421. The molecule has 0 N–H and O–H groups in total. The van der Waals surface area contributed by atoms with Gasteiger partial charge in [0.1, 0.15) is 10.8 Å². The van der Waals surface area contributed by atoms with Gasteiger partial charge in [0.05, 0.1) is 14.3 Å². The molecule has 0 aliphatic heterocycles. The third-order valence-electron chi connectivity index (χ3n) is 2.83. The molecule has 3 aromatic rings. The van der Waals surface area contributed by atoms with Gasteiger partial charge in [-0.15, -0.1) is 0 Å². The summed E-state index contributed by atoms with van der Waals surface area (Å²) >= 11 is 14.5. The first-order valence-electron chi connectivity index (χ1n) is 6.06. The van der Waals surface area contributed by atoms with Crippen molar-refractivity contribution in [2.45, 2.75) is 0 Å². The molecule has 0 radical (unpaired) electrons. The summed E-state index contributed by atoms with van der Waals surface area (Å²) in [6, 6.07) is 13.3. The van der Waals surface area contributed by atoms with Crippen molar-refractivity contribution in [1.82, 2.24) is 15.0 Å². The lowest BCUT2D eigenvalue weighted by Crippen LogP contribution is -1.99. The Morgan fingerprint density at radius 2 is 1.62 bits per heavy atom. The summed E-state index contributed by atoms with van der Waals surface area (Å²) in [7, 11) is 0. The molecule has 3 rings (SSSR count). The number of rotatable bonds is 2. The van der Waals surface area contributed by atoms with Gasteiger partial charge < -0.3 is 0 Å². The van der Waals surface area contributed by atoms with E-state index in [1.54, 1.807) is 18.3 Å². The van der Waals surface area contributed by atoms with Crippen LogP contribution in [0.25, 0.3) is 22.8 Å². The second kappa shape index (κ2) is 6.25. The Labute approximate surface area is 145 Å². The number of hydrogen-bond acceptors (Lipinski definition) is 3. The number of halogens is 3. The number of hydrogen-bond donors (Lipinski definition) is 0. The van der Waals surface area contributed by atoms with E-state index >= 15 is 0 Å². The summed E-state index contributed by atoms with van der Waals surface area (Å²) in [6.07, 6.45) is 1.65. The molecule has 0 saturated heterocycles. The highest BCUT2D eigenvalue weighted by Gasteiger charge is 2.15. The molecular formula is C15H8Cl2IN3. The van der Waals surface area contributed by atoms with E-state index in [0.717, 1.165) is 14.8 Å². The van der Waals surface area contributed by atoms with E-state index in [4.69, 9.17) is 23.2 Å². The maximum Gasteiger partial charge on any atom is 0.181 e. The summed E-state index contributed by atoms with van der Waals surface area (Å²) in [6.45, 7) is 0. The van der Waals surface area contributed by atoms with Gasteiger partial charge in [-0.3, -0.25) is 4.98 Å². The zero-order valence-electron chi connectivity index (χ0n) is 10.6. The van der Waals surface area contributed by atoms with E-state index < -0.39 is 0 Å². The normalized spacial score (nSPS) is 10.6. The van der Waals surface area contributed by atoms with Gasteiger partial charge in [0.15, 0.2) is 5.82 Å². The van der Waals surface area contributed by atoms with Crippen LogP contribution in [0.2, 0.25) is 10.2 Å². The van der Waals surface area contributed by atoms with Gasteiger partial charge in [-0.05, 0) is 34.7 Å². The third-order valence-corrected chi connectivity index (χ3v) is 4.75. The average molecular weight is 428 g/mol. The third kappa shape index (κ3) is 3.02. The Kier molecular flexibility index (Phi) is 4.37. The highest BCUT2D eigenvalue weighted by molar-refractivity contribution is 14.1. The highest BCUT2D eigenvalue weighted by Crippen LogP contribution is 2.31. The van der Waals surface area contributed by atoms with Crippen LogP contribution in [-0.2, 0) is 0 Å². The summed E-state index contributed by atoms with van der Waals surface area (Å²) in [5.41, 5.74) is 2.27. The molecule has 6 heteroatoms. The topological polar surface area (TPSA) is 38.7 Å². The van der Waals surface area contributed by atoms with E-state index in [9.17, 15) is 0 Å². The monoisotopic (exact) mass is 427 g/mol. The number of benzene rings is 1. The van der Waals surface area contributed by atoms with Gasteiger partial charge >= 0.3 is 0 Å². The first kappa shape index (κ1) is 14.7. The van der Waals surface area contributed by atoms with Crippen LogP contribution in [0.15, 0.2) is 48.7 Å². The van der Waals surface area contributed by atoms with E-state index in [2.05, 4.69) is 37.5 Å². The van der Waals surface area contributed by atoms with Crippen LogP contribution < -0.4 is 0 Å². The van der Waals surface area contributed by atoms with Crippen molar-refractivity contribution in [2.75, 3.05) is 0 Å². The van der Waals surface area contributed by atoms with Gasteiger partial charge in [0.2, 0.25) is 0 Å². The van der Waals surface area contributed by atoms with Crippen molar-refractivity contribution in [1.29, 1.82) is 0 Å². The maximum absolute atomic E-state index is 6.24. The predicted molar refractivity (Wildman–Crippen MR) is 93.4 cm³/mol. The minimum atomic E-state index is 0.390. The lowest BCUT2D eigenvalue weighted by Gasteiger charge is -2.09. The van der Waals surface area contributed by atoms with Gasteiger partial charge in [0, 0.05) is 11.8 Å². The lowest BCUT2D eigenvalue weighted by atomic mass is 10.1. The molecule has 21 heavy (non-hydrogen) atoms. The Hall–Kier alpha value is -1.24. The van der Waals surface area contributed by atoms with Gasteiger partial charge in [-0.1, -0.05) is 53.5 Å². The van der Waals surface area contributed by atoms with Gasteiger partial charge in [-0.2, -0.15) is 0 Å². The molecule has 0 saturated carbocycles. The van der Waals surface area contributed by atoms with Crippen LogP contribution in [0.4, 0.5) is 0 Å². The average Bonchev–Trinajstić information content (AvgIpc) is 2.51. The molecule has 0 aliphatic rings. The fraction of sp³-hybridized carbons (Fsp3) is 0. The van der Waals surface area contributed by atoms with Crippen LogP contribution in [0.5, 0.6) is 0 Å². The molecule has 0 atom stereocenters. The van der Waals surface area contributed by atoms with Crippen molar-refractivity contribution in [2.24, 2.45) is 0 Å². The molecule has 0 spiro atoms. The van der Waals surface area contributed by atoms with Crippen LogP contribution in [0, 0.1) is 3.57 Å². The molecule has 0 fully saturated rings. The summed E-state index contributed by atoms with van der Waals surface area (Å²) < 4.78 is 0.802. The lowest BCUT2D eigenvalue weighted by molar-refractivity contribution is 1.13. The zero-order chi connectivity index (χ0) is 14.8. The summed E-state index contributed by atoms with van der Waals surface area (Å²) in [4.78, 5) is 13.1. The van der Waals surface area contributed by atoms with Gasteiger partial charge in [0.25, 0.3) is 0 Å². The fourth-order valence-corrected chi connectivity index (χ4v) is 2.79. The summed E-state index contributed by atoms with van der Waals surface area (Å²) in [5.74, 6) is 0.421. The molecule has 104 valence electrons. The highest BCUT2D eigenvalue weighted by atomic mass is 127. The van der Waals surface area contributed by atoms with Crippen molar-refractivity contribution in [3.05, 3.63) is 62.4 Å². The minimum absolute atomic E-state index is 0.390. The van der Waals surface area contributed by atoms with Crippen LogP contribution in [0.3, 0.4) is 0 Å². The van der Waals surface area contributed by atoms with Crippen LogP contribution in [-0.4, -0.2) is 15.0 Å².